The normalized spacial score (nSPS) is 14.4. The van der Waals surface area contributed by atoms with Crippen molar-refractivity contribution in [1.82, 2.24) is 0 Å². The van der Waals surface area contributed by atoms with E-state index in [0.29, 0.717) is 30.4 Å². The zero-order valence-corrected chi connectivity index (χ0v) is 10.5. The molecule has 0 heterocycles. The van der Waals surface area contributed by atoms with Gasteiger partial charge in [0.25, 0.3) is 0 Å². The van der Waals surface area contributed by atoms with Crippen LogP contribution in [0, 0.1) is 11.8 Å². The van der Waals surface area contributed by atoms with Gasteiger partial charge in [-0.3, -0.25) is 0 Å². The number of carbonyl (C=O) groups is 1. The molecule has 0 spiro atoms. The predicted molar refractivity (Wildman–Crippen MR) is 63.6 cm³/mol. The summed E-state index contributed by atoms with van der Waals surface area (Å²) in [6, 6.07) is 0. The van der Waals surface area contributed by atoms with Gasteiger partial charge in [-0.2, -0.15) is 0 Å². The SMILES string of the molecule is C=C(CC)C(=O)OCC(C)CC(C)CC. The van der Waals surface area contributed by atoms with Crippen molar-refractivity contribution in [3.63, 3.8) is 0 Å². The lowest BCUT2D eigenvalue weighted by Crippen LogP contribution is -2.15. The van der Waals surface area contributed by atoms with Crippen molar-refractivity contribution in [1.29, 1.82) is 0 Å². The monoisotopic (exact) mass is 212 g/mol. The fraction of sp³-hybridized carbons (Fsp3) is 0.769. The predicted octanol–water partition coefficient (Wildman–Crippen LogP) is 3.57. The van der Waals surface area contributed by atoms with Gasteiger partial charge in [0.15, 0.2) is 0 Å². The number of hydrogen-bond donors (Lipinski definition) is 0. The number of esters is 1. The molecule has 0 aromatic rings. The molecule has 0 radical (unpaired) electrons. The van der Waals surface area contributed by atoms with Crippen LogP contribution >= 0.6 is 0 Å². The number of hydrogen-bond acceptors (Lipinski definition) is 2. The van der Waals surface area contributed by atoms with Crippen molar-refractivity contribution >= 4 is 5.97 Å². The Hall–Kier alpha value is -0.790. The van der Waals surface area contributed by atoms with Gasteiger partial charge in [0.05, 0.1) is 6.61 Å². The smallest absolute Gasteiger partial charge is 0.333 e. The van der Waals surface area contributed by atoms with Crippen LogP contribution in [0.3, 0.4) is 0 Å². The van der Waals surface area contributed by atoms with Crippen molar-refractivity contribution < 1.29 is 9.53 Å². The Morgan fingerprint density at radius 2 is 1.87 bits per heavy atom. The van der Waals surface area contributed by atoms with E-state index in [0.717, 1.165) is 6.42 Å². The van der Waals surface area contributed by atoms with Crippen molar-refractivity contribution in [3.8, 4) is 0 Å². The maximum absolute atomic E-state index is 11.3. The maximum atomic E-state index is 11.3. The van der Waals surface area contributed by atoms with Gasteiger partial charge in [-0.25, -0.2) is 4.79 Å². The van der Waals surface area contributed by atoms with Crippen molar-refractivity contribution in [2.45, 2.75) is 47.0 Å². The first kappa shape index (κ1) is 14.2. The molecule has 0 aromatic heterocycles. The van der Waals surface area contributed by atoms with Crippen LogP contribution in [0.5, 0.6) is 0 Å². The van der Waals surface area contributed by atoms with Gasteiger partial charge in [0.1, 0.15) is 0 Å². The Bertz CT molecular complexity index is 209. The van der Waals surface area contributed by atoms with Crippen LogP contribution in [0.25, 0.3) is 0 Å². The zero-order chi connectivity index (χ0) is 11.8. The highest BCUT2D eigenvalue weighted by molar-refractivity contribution is 5.87. The van der Waals surface area contributed by atoms with Gasteiger partial charge in [-0.1, -0.05) is 40.7 Å². The molecule has 0 aliphatic heterocycles. The molecule has 2 atom stereocenters. The molecule has 0 rings (SSSR count). The molecule has 0 fully saturated rings. The molecule has 0 saturated heterocycles. The highest BCUT2D eigenvalue weighted by atomic mass is 16.5. The van der Waals surface area contributed by atoms with Crippen molar-refractivity contribution in [2.24, 2.45) is 11.8 Å². The third-order valence-corrected chi connectivity index (χ3v) is 2.72. The Labute approximate surface area is 93.7 Å². The van der Waals surface area contributed by atoms with E-state index in [-0.39, 0.29) is 5.97 Å². The molecular weight excluding hydrogens is 188 g/mol. The van der Waals surface area contributed by atoms with E-state index in [4.69, 9.17) is 4.74 Å². The Balaban J connectivity index is 3.75. The number of rotatable bonds is 7. The fourth-order valence-electron chi connectivity index (χ4n) is 1.39. The average Bonchev–Trinajstić information content (AvgIpc) is 2.24. The van der Waals surface area contributed by atoms with Gasteiger partial charge in [0, 0.05) is 5.57 Å². The van der Waals surface area contributed by atoms with E-state index >= 15 is 0 Å². The minimum atomic E-state index is -0.242. The van der Waals surface area contributed by atoms with Crippen LogP contribution in [0.15, 0.2) is 12.2 Å². The molecule has 0 bridgehead atoms. The van der Waals surface area contributed by atoms with Crippen LogP contribution in [-0.2, 0) is 9.53 Å². The Kier molecular flexibility index (Phi) is 7.10. The quantitative estimate of drug-likeness (QED) is 0.476. The van der Waals surface area contributed by atoms with E-state index in [1.807, 2.05) is 6.92 Å². The first-order valence-electron chi connectivity index (χ1n) is 5.86. The first-order chi connectivity index (χ1) is 7.01. The number of carbonyl (C=O) groups excluding carboxylic acids is 1. The lowest BCUT2D eigenvalue weighted by Gasteiger charge is -2.16. The highest BCUT2D eigenvalue weighted by Gasteiger charge is 2.11. The standard InChI is InChI=1S/C13H24O2/c1-6-10(3)8-11(4)9-15-13(14)12(5)7-2/h10-11H,5-9H2,1-4H3. The molecule has 0 aliphatic carbocycles. The number of ether oxygens (including phenoxy) is 1. The second-order valence-electron chi connectivity index (χ2n) is 4.41. The fourth-order valence-corrected chi connectivity index (χ4v) is 1.39. The van der Waals surface area contributed by atoms with Crippen molar-refractivity contribution in [2.75, 3.05) is 6.61 Å². The molecule has 2 nitrogen and oxygen atoms in total. The highest BCUT2D eigenvalue weighted by Crippen LogP contribution is 2.15. The van der Waals surface area contributed by atoms with Crippen LogP contribution in [0.1, 0.15) is 47.0 Å². The van der Waals surface area contributed by atoms with Crippen molar-refractivity contribution in [3.05, 3.63) is 12.2 Å². The van der Waals surface area contributed by atoms with E-state index in [2.05, 4.69) is 27.4 Å². The molecule has 0 aromatic carbocycles. The van der Waals surface area contributed by atoms with E-state index in [1.165, 1.54) is 6.42 Å². The van der Waals surface area contributed by atoms with Gasteiger partial charge in [-0.05, 0) is 24.7 Å². The molecule has 15 heavy (non-hydrogen) atoms. The summed E-state index contributed by atoms with van der Waals surface area (Å²) in [6.45, 7) is 12.6. The lowest BCUT2D eigenvalue weighted by molar-refractivity contribution is -0.140. The first-order valence-corrected chi connectivity index (χ1v) is 5.86. The second kappa shape index (κ2) is 7.49. The molecule has 0 amide bonds. The van der Waals surface area contributed by atoms with Gasteiger partial charge in [-0.15, -0.1) is 0 Å². The van der Waals surface area contributed by atoms with E-state index in [9.17, 15) is 4.79 Å². The minimum Gasteiger partial charge on any atom is -0.462 e. The molecule has 0 saturated carbocycles. The van der Waals surface area contributed by atoms with Gasteiger partial charge < -0.3 is 4.74 Å². The Morgan fingerprint density at radius 1 is 1.27 bits per heavy atom. The largest absolute Gasteiger partial charge is 0.462 e. The molecule has 88 valence electrons. The second-order valence-corrected chi connectivity index (χ2v) is 4.41. The average molecular weight is 212 g/mol. The minimum absolute atomic E-state index is 0.242. The van der Waals surface area contributed by atoms with Crippen LogP contribution in [0.2, 0.25) is 0 Å². The summed E-state index contributed by atoms with van der Waals surface area (Å²) >= 11 is 0. The summed E-state index contributed by atoms with van der Waals surface area (Å²) < 4.78 is 5.16. The lowest BCUT2D eigenvalue weighted by atomic mass is 9.96. The van der Waals surface area contributed by atoms with Gasteiger partial charge >= 0.3 is 5.97 Å². The molecule has 0 aliphatic rings. The summed E-state index contributed by atoms with van der Waals surface area (Å²) in [4.78, 5) is 11.3. The van der Waals surface area contributed by atoms with Crippen LogP contribution < -0.4 is 0 Å². The summed E-state index contributed by atoms with van der Waals surface area (Å²) in [5.41, 5.74) is 0.561. The third kappa shape index (κ3) is 6.32. The molecule has 2 unspecified atom stereocenters. The molecular formula is C13H24O2. The van der Waals surface area contributed by atoms with E-state index < -0.39 is 0 Å². The third-order valence-electron chi connectivity index (χ3n) is 2.72. The summed E-state index contributed by atoms with van der Waals surface area (Å²) in [7, 11) is 0. The summed E-state index contributed by atoms with van der Waals surface area (Å²) in [5.74, 6) is 0.898. The van der Waals surface area contributed by atoms with Crippen LogP contribution in [0.4, 0.5) is 0 Å². The molecule has 2 heteroatoms. The molecule has 0 N–H and O–H groups in total. The summed E-state index contributed by atoms with van der Waals surface area (Å²) in [5, 5.41) is 0. The maximum Gasteiger partial charge on any atom is 0.333 e. The van der Waals surface area contributed by atoms with Gasteiger partial charge in [0.2, 0.25) is 0 Å². The van der Waals surface area contributed by atoms with E-state index in [1.54, 1.807) is 0 Å². The topological polar surface area (TPSA) is 26.3 Å². The zero-order valence-electron chi connectivity index (χ0n) is 10.5. The Morgan fingerprint density at radius 3 is 2.33 bits per heavy atom. The van der Waals surface area contributed by atoms with Crippen LogP contribution in [-0.4, -0.2) is 12.6 Å². The summed E-state index contributed by atoms with van der Waals surface area (Å²) in [6.07, 6.45) is 2.96.